The number of carbonyl (C=O) groups excluding carboxylic acids is 1. The van der Waals surface area contributed by atoms with Crippen LogP contribution in [0, 0.1) is 0 Å². The highest BCUT2D eigenvalue weighted by atomic mass is 35.5. The summed E-state index contributed by atoms with van der Waals surface area (Å²) in [5.41, 5.74) is 0.594. The second kappa shape index (κ2) is 7.46. The van der Waals surface area contributed by atoms with E-state index < -0.39 is 0 Å². The molecule has 0 bridgehead atoms. The van der Waals surface area contributed by atoms with Gasteiger partial charge in [0.15, 0.2) is 0 Å². The van der Waals surface area contributed by atoms with Crippen LogP contribution in [0.25, 0.3) is 0 Å². The first-order valence-corrected chi connectivity index (χ1v) is 6.46. The van der Waals surface area contributed by atoms with Crippen LogP contribution >= 0.6 is 23.2 Å². The smallest absolute Gasteiger partial charge is 0.321 e. The fourth-order valence-electron chi connectivity index (χ4n) is 1.44. The second-order valence-electron chi connectivity index (χ2n) is 3.72. The van der Waals surface area contributed by atoms with E-state index >= 15 is 0 Å². The predicted molar refractivity (Wildman–Crippen MR) is 74.4 cm³/mol. The van der Waals surface area contributed by atoms with Crippen molar-refractivity contribution in [2.24, 2.45) is 0 Å². The van der Waals surface area contributed by atoms with Gasteiger partial charge >= 0.3 is 6.03 Å². The van der Waals surface area contributed by atoms with E-state index in [-0.39, 0.29) is 12.6 Å². The summed E-state index contributed by atoms with van der Waals surface area (Å²) in [6.45, 7) is 3.04. The number of benzene rings is 1. The van der Waals surface area contributed by atoms with Crippen molar-refractivity contribution in [1.29, 1.82) is 0 Å². The van der Waals surface area contributed by atoms with E-state index in [9.17, 15) is 4.79 Å². The quantitative estimate of drug-likeness (QED) is 0.875. The molecule has 0 aliphatic heterocycles. The summed E-state index contributed by atoms with van der Waals surface area (Å²) < 4.78 is 0. The van der Waals surface area contributed by atoms with Crippen LogP contribution in [0.15, 0.2) is 18.2 Å². The van der Waals surface area contributed by atoms with Crippen molar-refractivity contribution in [2.45, 2.75) is 13.3 Å². The van der Waals surface area contributed by atoms with Gasteiger partial charge in [-0.25, -0.2) is 4.79 Å². The minimum absolute atomic E-state index is 0.0660. The van der Waals surface area contributed by atoms with Crippen molar-refractivity contribution in [3.8, 4) is 0 Å². The highest BCUT2D eigenvalue weighted by Gasteiger charge is 2.11. The number of amides is 2. The molecule has 0 aliphatic rings. The van der Waals surface area contributed by atoms with Crippen molar-refractivity contribution in [1.82, 2.24) is 4.90 Å². The van der Waals surface area contributed by atoms with E-state index in [4.69, 9.17) is 28.3 Å². The third kappa shape index (κ3) is 4.37. The molecule has 0 aliphatic carbocycles. The average molecular weight is 291 g/mol. The Balaban J connectivity index is 2.64. The minimum atomic E-state index is -0.218. The first-order valence-electron chi connectivity index (χ1n) is 5.70. The lowest BCUT2D eigenvalue weighted by Gasteiger charge is -2.21. The highest BCUT2D eigenvalue weighted by molar-refractivity contribution is 6.42. The Morgan fingerprint density at radius 2 is 2.11 bits per heavy atom. The molecule has 0 saturated carbocycles. The Morgan fingerprint density at radius 1 is 1.39 bits per heavy atom. The molecule has 1 rings (SSSR count). The normalized spacial score (nSPS) is 10.2. The Kier molecular flexibility index (Phi) is 6.25. The Labute approximate surface area is 116 Å². The van der Waals surface area contributed by atoms with Crippen molar-refractivity contribution in [2.75, 3.05) is 25.0 Å². The lowest BCUT2D eigenvalue weighted by atomic mass is 10.3. The first kappa shape index (κ1) is 15.1. The summed E-state index contributed by atoms with van der Waals surface area (Å²) in [6.07, 6.45) is 0.558. The number of rotatable bonds is 5. The van der Waals surface area contributed by atoms with Gasteiger partial charge in [-0.15, -0.1) is 0 Å². The number of hydrogen-bond donors (Lipinski definition) is 2. The van der Waals surface area contributed by atoms with Crippen LogP contribution in [0.1, 0.15) is 13.3 Å². The summed E-state index contributed by atoms with van der Waals surface area (Å²) in [6, 6.07) is 4.70. The lowest BCUT2D eigenvalue weighted by molar-refractivity contribution is 0.205. The molecule has 18 heavy (non-hydrogen) atoms. The standard InChI is InChI=1S/C12H16Cl2N2O2/c1-2-16(6-3-7-17)12(18)15-9-4-5-10(13)11(14)8-9/h4-5,8,17H,2-3,6-7H2,1H3,(H,15,18). The van der Waals surface area contributed by atoms with Gasteiger partial charge in [0.05, 0.1) is 10.0 Å². The van der Waals surface area contributed by atoms with E-state index in [1.807, 2.05) is 6.92 Å². The maximum absolute atomic E-state index is 11.9. The molecule has 0 radical (unpaired) electrons. The zero-order valence-electron chi connectivity index (χ0n) is 10.1. The van der Waals surface area contributed by atoms with Gasteiger partial charge in [-0.1, -0.05) is 23.2 Å². The maximum Gasteiger partial charge on any atom is 0.321 e. The summed E-state index contributed by atoms with van der Waals surface area (Å²) in [5, 5.41) is 12.3. The first-order chi connectivity index (χ1) is 8.58. The lowest BCUT2D eigenvalue weighted by Crippen LogP contribution is -2.35. The van der Waals surface area contributed by atoms with Crippen molar-refractivity contribution in [3.63, 3.8) is 0 Å². The van der Waals surface area contributed by atoms with Crippen molar-refractivity contribution in [3.05, 3.63) is 28.2 Å². The molecule has 6 heteroatoms. The average Bonchev–Trinajstić information content (AvgIpc) is 2.35. The van der Waals surface area contributed by atoms with Gasteiger partial charge in [0.1, 0.15) is 0 Å². The van der Waals surface area contributed by atoms with Gasteiger partial charge in [0, 0.05) is 25.4 Å². The van der Waals surface area contributed by atoms with Crippen LogP contribution in [0.5, 0.6) is 0 Å². The van der Waals surface area contributed by atoms with E-state index in [2.05, 4.69) is 5.32 Å². The number of nitrogens with one attached hydrogen (secondary N) is 1. The third-order valence-electron chi connectivity index (χ3n) is 2.43. The van der Waals surface area contributed by atoms with Crippen LogP contribution < -0.4 is 5.32 Å². The number of nitrogens with zero attached hydrogens (tertiary/aromatic N) is 1. The summed E-state index contributed by atoms with van der Waals surface area (Å²) in [7, 11) is 0. The number of anilines is 1. The van der Waals surface area contributed by atoms with Gasteiger partial charge < -0.3 is 15.3 Å². The monoisotopic (exact) mass is 290 g/mol. The molecule has 1 aromatic carbocycles. The van der Waals surface area contributed by atoms with E-state index in [0.29, 0.717) is 35.2 Å². The summed E-state index contributed by atoms with van der Waals surface area (Å²) in [4.78, 5) is 13.5. The molecular formula is C12H16Cl2N2O2. The fourth-order valence-corrected chi connectivity index (χ4v) is 1.74. The van der Waals surface area contributed by atoms with Crippen LogP contribution in [0.4, 0.5) is 10.5 Å². The van der Waals surface area contributed by atoms with Gasteiger partial charge in [-0.2, -0.15) is 0 Å². The molecule has 0 atom stereocenters. The SMILES string of the molecule is CCN(CCCO)C(=O)Nc1ccc(Cl)c(Cl)c1. The van der Waals surface area contributed by atoms with E-state index in [1.54, 1.807) is 23.1 Å². The van der Waals surface area contributed by atoms with E-state index in [0.717, 1.165) is 0 Å². The number of halogens is 2. The number of hydrogen-bond acceptors (Lipinski definition) is 2. The van der Waals surface area contributed by atoms with Crippen LogP contribution in [0.2, 0.25) is 10.0 Å². The predicted octanol–water partition coefficient (Wildman–Crippen LogP) is 3.23. The molecule has 0 spiro atoms. The van der Waals surface area contributed by atoms with E-state index in [1.165, 1.54) is 0 Å². The van der Waals surface area contributed by atoms with Crippen LogP contribution in [-0.4, -0.2) is 35.7 Å². The molecule has 1 aromatic rings. The van der Waals surface area contributed by atoms with Gasteiger partial charge in [-0.3, -0.25) is 0 Å². The molecule has 0 unspecified atom stereocenters. The fraction of sp³-hybridized carbons (Fsp3) is 0.417. The molecule has 100 valence electrons. The number of aliphatic hydroxyl groups is 1. The maximum atomic E-state index is 11.9. The molecule has 2 amide bonds. The topological polar surface area (TPSA) is 52.6 Å². The summed E-state index contributed by atoms with van der Waals surface area (Å²) in [5.74, 6) is 0. The highest BCUT2D eigenvalue weighted by Crippen LogP contribution is 2.25. The molecule has 2 N–H and O–H groups in total. The van der Waals surface area contributed by atoms with Gasteiger partial charge in [0.25, 0.3) is 0 Å². The van der Waals surface area contributed by atoms with Gasteiger partial charge in [0.2, 0.25) is 0 Å². The third-order valence-corrected chi connectivity index (χ3v) is 3.16. The Bertz CT molecular complexity index is 413. The Hall–Kier alpha value is -0.970. The molecule has 4 nitrogen and oxygen atoms in total. The minimum Gasteiger partial charge on any atom is -0.396 e. The van der Waals surface area contributed by atoms with Gasteiger partial charge in [-0.05, 0) is 31.5 Å². The number of urea groups is 1. The van der Waals surface area contributed by atoms with Crippen molar-refractivity contribution < 1.29 is 9.90 Å². The molecule has 0 heterocycles. The Morgan fingerprint density at radius 3 is 2.67 bits per heavy atom. The molecule has 0 saturated heterocycles. The zero-order chi connectivity index (χ0) is 13.5. The van der Waals surface area contributed by atoms with Crippen LogP contribution in [0.3, 0.4) is 0 Å². The number of aliphatic hydroxyl groups excluding tert-OH is 1. The van der Waals surface area contributed by atoms with Crippen molar-refractivity contribution >= 4 is 34.9 Å². The van der Waals surface area contributed by atoms with Crippen LogP contribution in [-0.2, 0) is 0 Å². The number of carbonyl (C=O) groups is 1. The molecule has 0 aromatic heterocycles. The molecular weight excluding hydrogens is 275 g/mol. The largest absolute Gasteiger partial charge is 0.396 e. The molecule has 0 fully saturated rings. The summed E-state index contributed by atoms with van der Waals surface area (Å²) >= 11 is 11.7. The second-order valence-corrected chi connectivity index (χ2v) is 4.53. The zero-order valence-corrected chi connectivity index (χ0v) is 11.6.